The topological polar surface area (TPSA) is 43.1 Å². The van der Waals surface area contributed by atoms with Gasteiger partial charge in [-0.25, -0.2) is 4.39 Å². The van der Waals surface area contributed by atoms with Crippen molar-refractivity contribution < 1.29 is 9.18 Å². The Balaban J connectivity index is 2.47. The van der Waals surface area contributed by atoms with Crippen LogP contribution in [-0.2, 0) is 0 Å². The second kappa shape index (κ2) is 4.96. The monoisotopic (exact) mass is 283 g/mol. The van der Waals surface area contributed by atoms with Gasteiger partial charge in [0.05, 0.1) is 10.7 Å². The minimum atomic E-state index is -0.566. The highest BCUT2D eigenvalue weighted by atomic mass is 35.5. The van der Waals surface area contributed by atoms with Gasteiger partial charge in [-0.05, 0) is 36.4 Å². The molecule has 0 spiro atoms. The molecule has 5 heteroatoms. The zero-order valence-corrected chi connectivity index (χ0v) is 10.6. The number of carbonyl (C=O) groups is 1. The van der Waals surface area contributed by atoms with Gasteiger partial charge in [-0.2, -0.15) is 0 Å². The van der Waals surface area contributed by atoms with E-state index < -0.39 is 5.82 Å². The van der Waals surface area contributed by atoms with Gasteiger partial charge in [-0.1, -0.05) is 23.2 Å². The Kier molecular flexibility index (Phi) is 3.55. The number of nitrogen functional groups attached to an aromatic ring is 1. The predicted octanol–water partition coefficient (Wildman–Crippen LogP) is 3.95. The van der Waals surface area contributed by atoms with Gasteiger partial charge in [0.25, 0.3) is 0 Å². The van der Waals surface area contributed by atoms with E-state index in [1.54, 1.807) is 6.07 Å². The molecule has 18 heavy (non-hydrogen) atoms. The molecule has 0 aromatic heterocycles. The Morgan fingerprint density at radius 1 is 1.11 bits per heavy atom. The van der Waals surface area contributed by atoms with Gasteiger partial charge in [0.15, 0.2) is 5.78 Å². The molecule has 0 radical (unpaired) electrons. The number of halogens is 3. The Hall–Kier alpha value is -1.58. The van der Waals surface area contributed by atoms with Crippen LogP contribution in [-0.4, -0.2) is 5.78 Å². The van der Waals surface area contributed by atoms with E-state index in [1.807, 2.05) is 0 Å². The molecule has 0 aliphatic carbocycles. The number of hydrogen-bond donors (Lipinski definition) is 1. The first-order chi connectivity index (χ1) is 8.49. The smallest absolute Gasteiger partial charge is 0.194 e. The molecule has 0 heterocycles. The lowest BCUT2D eigenvalue weighted by atomic mass is 10.0. The van der Waals surface area contributed by atoms with Gasteiger partial charge in [-0.15, -0.1) is 0 Å². The Morgan fingerprint density at radius 3 is 2.50 bits per heavy atom. The molecule has 2 aromatic rings. The molecule has 0 aliphatic heterocycles. The highest BCUT2D eigenvalue weighted by molar-refractivity contribution is 6.36. The molecule has 0 bridgehead atoms. The maximum absolute atomic E-state index is 13.0. The molecule has 0 unspecified atom stereocenters. The van der Waals surface area contributed by atoms with Crippen LogP contribution in [0.3, 0.4) is 0 Å². The third-order valence-electron chi connectivity index (χ3n) is 2.43. The summed E-state index contributed by atoms with van der Waals surface area (Å²) in [6.45, 7) is 0. The Morgan fingerprint density at radius 2 is 1.83 bits per heavy atom. The van der Waals surface area contributed by atoms with Crippen molar-refractivity contribution in [2.75, 3.05) is 5.73 Å². The molecule has 2 rings (SSSR count). The average molecular weight is 284 g/mol. The van der Waals surface area contributed by atoms with E-state index in [2.05, 4.69) is 0 Å². The van der Waals surface area contributed by atoms with Crippen molar-refractivity contribution in [3.63, 3.8) is 0 Å². The van der Waals surface area contributed by atoms with Crippen molar-refractivity contribution in [2.24, 2.45) is 0 Å². The third-order valence-corrected chi connectivity index (χ3v) is 3.00. The quantitative estimate of drug-likeness (QED) is 0.670. The lowest BCUT2D eigenvalue weighted by Gasteiger charge is -2.05. The molecule has 2 nitrogen and oxygen atoms in total. The SMILES string of the molecule is Nc1cc(C(=O)c2cc(Cl)ccc2Cl)ccc1F. The van der Waals surface area contributed by atoms with E-state index >= 15 is 0 Å². The lowest BCUT2D eigenvalue weighted by molar-refractivity contribution is 0.103. The molecule has 0 saturated carbocycles. The zero-order valence-electron chi connectivity index (χ0n) is 9.08. The summed E-state index contributed by atoms with van der Waals surface area (Å²) in [7, 11) is 0. The second-order valence-electron chi connectivity index (χ2n) is 3.69. The lowest BCUT2D eigenvalue weighted by Crippen LogP contribution is -2.04. The Bertz CT molecular complexity index is 628. The van der Waals surface area contributed by atoms with Crippen molar-refractivity contribution in [2.45, 2.75) is 0 Å². The van der Waals surface area contributed by atoms with E-state index in [0.29, 0.717) is 5.02 Å². The van der Waals surface area contributed by atoms with Crippen LogP contribution in [0.1, 0.15) is 15.9 Å². The molecular formula is C13H8Cl2FNO. The molecule has 0 atom stereocenters. The first-order valence-electron chi connectivity index (χ1n) is 5.04. The van der Waals surface area contributed by atoms with Crippen molar-refractivity contribution in [1.82, 2.24) is 0 Å². The molecule has 2 N–H and O–H groups in total. The van der Waals surface area contributed by atoms with Crippen LogP contribution in [0.2, 0.25) is 10.0 Å². The van der Waals surface area contributed by atoms with E-state index in [1.165, 1.54) is 24.3 Å². The molecular weight excluding hydrogens is 276 g/mol. The number of benzene rings is 2. The standard InChI is InChI=1S/C13H8Cl2FNO/c14-8-2-3-10(15)9(6-8)13(18)7-1-4-11(16)12(17)5-7/h1-6H,17H2. The van der Waals surface area contributed by atoms with Crippen molar-refractivity contribution in [3.05, 3.63) is 63.4 Å². The van der Waals surface area contributed by atoms with E-state index in [4.69, 9.17) is 28.9 Å². The summed E-state index contributed by atoms with van der Waals surface area (Å²) in [6, 6.07) is 8.34. The summed E-state index contributed by atoms with van der Waals surface area (Å²) >= 11 is 11.7. The maximum atomic E-state index is 13.0. The highest BCUT2D eigenvalue weighted by Gasteiger charge is 2.14. The molecule has 2 aromatic carbocycles. The predicted molar refractivity (Wildman–Crippen MR) is 70.7 cm³/mol. The molecule has 0 aliphatic rings. The summed E-state index contributed by atoms with van der Waals surface area (Å²) in [6.07, 6.45) is 0. The summed E-state index contributed by atoms with van der Waals surface area (Å²) in [5.41, 5.74) is 5.86. The number of hydrogen-bond acceptors (Lipinski definition) is 2. The fraction of sp³-hybridized carbons (Fsp3) is 0. The second-order valence-corrected chi connectivity index (χ2v) is 4.53. The molecule has 0 fully saturated rings. The van der Waals surface area contributed by atoms with Gasteiger partial charge in [-0.3, -0.25) is 4.79 Å². The van der Waals surface area contributed by atoms with E-state index in [-0.39, 0.29) is 27.6 Å². The largest absolute Gasteiger partial charge is 0.396 e. The van der Waals surface area contributed by atoms with E-state index in [0.717, 1.165) is 6.07 Å². The Labute approximate surface area is 113 Å². The number of nitrogens with two attached hydrogens (primary N) is 1. The first-order valence-corrected chi connectivity index (χ1v) is 5.79. The van der Waals surface area contributed by atoms with Gasteiger partial charge < -0.3 is 5.73 Å². The van der Waals surface area contributed by atoms with Gasteiger partial charge >= 0.3 is 0 Å². The minimum Gasteiger partial charge on any atom is -0.396 e. The highest BCUT2D eigenvalue weighted by Crippen LogP contribution is 2.24. The van der Waals surface area contributed by atoms with Gasteiger partial charge in [0, 0.05) is 16.1 Å². The summed E-state index contributed by atoms with van der Waals surface area (Å²) in [4.78, 5) is 12.2. The third kappa shape index (κ3) is 2.47. The molecule has 0 saturated heterocycles. The van der Waals surface area contributed by atoms with Gasteiger partial charge in [0.1, 0.15) is 5.82 Å². The summed E-state index contributed by atoms with van der Waals surface area (Å²) in [5.74, 6) is -0.919. The van der Waals surface area contributed by atoms with Crippen LogP contribution in [0.15, 0.2) is 36.4 Å². The number of rotatable bonds is 2. The fourth-order valence-electron chi connectivity index (χ4n) is 1.51. The normalized spacial score (nSPS) is 10.4. The van der Waals surface area contributed by atoms with E-state index in [9.17, 15) is 9.18 Å². The molecule has 0 amide bonds. The van der Waals surface area contributed by atoms with Gasteiger partial charge in [0.2, 0.25) is 0 Å². The van der Waals surface area contributed by atoms with Crippen LogP contribution in [0.4, 0.5) is 10.1 Å². The summed E-state index contributed by atoms with van der Waals surface area (Å²) in [5, 5.41) is 0.685. The minimum absolute atomic E-state index is 0.0843. The summed E-state index contributed by atoms with van der Waals surface area (Å²) < 4.78 is 13.0. The molecule has 92 valence electrons. The van der Waals surface area contributed by atoms with Crippen LogP contribution < -0.4 is 5.73 Å². The van der Waals surface area contributed by atoms with Crippen LogP contribution >= 0.6 is 23.2 Å². The van der Waals surface area contributed by atoms with Crippen LogP contribution in [0.25, 0.3) is 0 Å². The van der Waals surface area contributed by atoms with Crippen LogP contribution in [0, 0.1) is 5.82 Å². The van der Waals surface area contributed by atoms with Crippen molar-refractivity contribution in [1.29, 1.82) is 0 Å². The zero-order chi connectivity index (χ0) is 13.3. The average Bonchev–Trinajstić information content (AvgIpc) is 2.35. The van der Waals surface area contributed by atoms with Crippen molar-refractivity contribution in [3.8, 4) is 0 Å². The first kappa shape index (κ1) is 12.9. The number of anilines is 1. The number of ketones is 1. The van der Waals surface area contributed by atoms with Crippen LogP contribution in [0.5, 0.6) is 0 Å². The number of carbonyl (C=O) groups excluding carboxylic acids is 1. The fourth-order valence-corrected chi connectivity index (χ4v) is 1.89. The maximum Gasteiger partial charge on any atom is 0.194 e. The van der Waals surface area contributed by atoms with Crippen molar-refractivity contribution >= 4 is 34.7 Å².